The first-order chi connectivity index (χ1) is 13.9. The van der Waals surface area contributed by atoms with E-state index in [0.717, 1.165) is 21.9 Å². The molecule has 0 atom stereocenters. The van der Waals surface area contributed by atoms with E-state index in [1.54, 1.807) is 48.5 Å². The highest BCUT2D eigenvalue weighted by Gasteiger charge is 2.42. The van der Waals surface area contributed by atoms with E-state index in [1.165, 1.54) is 11.0 Å². The molecular formula is C22H19ClN2O3S. The van der Waals surface area contributed by atoms with Crippen LogP contribution in [-0.2, 0) is 23.0 Å². The van der Waals surface area contributed by atoms with Crippen LogP contribution >= 0.6 is 11.6 Å². The molecule has 0 saturated heterocycles. The summed E-state index contributed by atoms with van der Waals surface area (Å²) in [5.74, 6) is 0. The van der Waals surface area contributed by atoms with Crippen LogP contribution in [0.1, 0.15) is 18.1 Å². The number of amides is 2. The molecule has 2 amide bonds. The Morgan fingerprint density at radius 1 is 0.897 bits per heavy atom. The van der Waals surface area contributed by atoms with Crippen molar-refractivity contribution in [1.82, 2.24) is 0 Å². The van der Waals surface area contributed by atoms with Gasteiger partial charge in [-0.15, -0.1) is 0 Å². The molecule has 0 spiro atoms. The van der Waals surface area contributed by atoms with Gasteiger partial charge in [0.25, 0.3) is 10.0 Å². The molecule has 0 unspecified atom stereocenters. The summed E-state index contributed by atoms with van der Waals surface area (Å²) in [6, 6.07) is 20.1. The first-order valence-corrected chi connectivity index (χ1v) is 11.0. The minimum absolute atomic E-state index is 0.0983. The number of anilines is 2. The number of fused-ring (bicyclic) bond motifs is 1. The van der Waals surface area contributed by atoms with Gasteiger partial charge in [0, 0.05) is 5.02 Å². The predicted octanol–water partition coefficient (Wildman–Crippen LogP) is 5.24. The summed E-state index contributed by atoms with van der Waals surface area (Å²) in [5.41, 5.74) is 2.55. The Morgan fingerprint density at radius 2 is 1.62 bits per heavy atom. The van der Waals surface area contributed by atoms with E-state index >= 15 is 0 Å². The van der Waals surface area contributed by atoms with Gasteiger partial charge in [-0.05, 0) is 53.9 Å². The number of benzene rings is 3. The quantitative estimate of drug-likeness (QED) is 0.573. The molecule has 5 nitrogen and oxygen atoms in total. The minimum atomic E-state index is -4.02. The van der Waals surface area contributed by atoms with E-state index in [-0.39, 0.29) is 11.4 Å². The monoisotopic (exact) mass is 426 g/mol. The highest BCUT2D eigenvalue weighted by Crippen LogP contribution is 2.38. The molecule has 4 rings (SSSR count). The average Bonchev–Trinajstić information content (AvgIpc) is 2.72. The van der Waals surface area contributed by atoms with Crippen LogP contribution in [-0.4, -0.2) is 14.4 Å². The van der Waals surface area contributed by atoms with Gasteiger partial charge in [-0.1, -0.05) is 54.9 Å². The van der Waals surface area contributed by atoms with Crippen molar-refractivity contribution in [1.29, 1.82) is 0 Å². The summed E-state index contributed by atoms with van der Waals surface area (Å²) < 4.78 is 27.4. The Morgan fingerprint density at radius 3 is 2.31 bits per heavy atom. The Labute approximate surface area is 175 Å². The Kier molecular flexibility index (Phi) is 5.06. The van der Waals surface area contributed by atoms with E-state index in [0.29, 0.717) is 16.4 Å². The molecule has 1 aliphatic heterocycles. The zero-order chi connectivity index (χ0) is 20.6. The molecule has 0 saturated carbocycles. The van der Waals surface area contributed by atoms with Crippen LogP contribution in [0, 0.1) is 0 Å². The summed E-state index contributed by atoms with van der Waals surface area (Å²) >= 11 is 6.09. The molecule has 0 bridgehead atoms. The van der Waals surface area contributed by atoms with E-state index < -0.39 is 16.1 Å². The zero-order valence-electron chi connectivity index (χ0n) is 15.7. The molecule has 1 aliphatic rings. The molecule has 0 N–H and O–H groups in total. The summed E-state index contributed by atoms with van der Waals surface area (Å²) in [6.07, 6.45) is 0.824. The molecule has 3 aromatic carbocycles. The van der Waals surface area contributed by atoms with Gasteiger partial charge in [0.05, 0.1) is 17.9 Å². The van der Waals surface area contributed by atoms with E-state index in [9.17, 15) is 13.2 Å². The van der Waals surface area contributed by atoms with Crippen molar-refractivity contribution in [2.75, 3.05) is 9.21 Å². The third kappa shape index (κ3) is 3.50. The lowest BCUT2D eigenvalue weighted by molar-refractivity contribution is 0.253. The molecule has 7 heteroatoms. The van der Waals surface area contributed by atoms with Gasteiger partial charge in [0.1, 0.15) is 4.90 Å². The van der Waals surface area contributed by atoms with Gasteiger partial charge < -0.3 is 0 Å². The second kappa shape index (κ2) is 7.54. The number of carbonyl (C=O) groups excluding carboxylic acids is 1. The van der Waals surface area contributed by atoms with Crippen molar-refractivity contribution < 1.29 is 13.2 Å². The molecule has 0 aliphatic carbocycles. The summed E-state index contributed by atoms with van der Waals surface area (Å²) in [4.78, 5) is 15.0. The number of carbonyl (C=O) groups is 1. The number of rotatable bonds is 4. The van der Waals surface area contributed by atoms with Crippen LogP contribution in [0.2, 0.25) is 5.02 Å². The molecular weight excluding hydrogens is 408 g/mol. The lowest BCUT2D eigenvalue weighted by atomic mass is 10.1. The van der Waals surface area contributed by atoms with Crippen molar-refractivity contribution in [3.8, 4) is 0 Å². The average molecular weight is 427 g/mol. The molecule has 0 fully saturated rings. The topological polar surface area (TPSA) is 57.7 Å². The van der Waals surface area contributed by atoms with Gasteiger partial charge in [-0.2, -0.15) is 4.31 Å². The molecule has 148 valence electrons. The van der Waals surface area contributed by atoms with Gasteiger partial charge in [0.2, 0.25) is 0 Å². The highest BCUT2D eigenvalue weighted by atomic mass is 35.5. The first-order valence-electron chi connectivity index (χ1n) is 9.21. The smallest absolute Gasteiger partial charge is 0.287 e. The maximum Gasteiger partial charge on any atom is 0.343 e. The van der Waals surface area contributed by atoms with E-state index in [1.807, 2.05) is 25.1 Å². The maximum atomic E-state index is 13.4. The number of urea groups is 1. The molecule has 0 radical (unpaired) electrons. The van der Waals surface area contributed by atoms with Crippen molar-refractivity contribution >= 4 is 39.0 Å². The predicted molar refractivity (Wildman–Crippen MR) is 115 cm³/mol. The number of hydrogen-bond acceptors (Lipinski definition) is 3. The van der Waals surface area contributed by atoms with Gasteiger partial charge in [-0.25, -0.2) is 13.2 Å². The van der Waals surface area contributed by atoms with Gasteiger partial charge in [0.15, 0.2) is 0 Å². The number of hydrogen-bond donors (Lipinski definition) is 0. The van der Waals surface area contributed by atoms with Crippen LogP contribution in [0.4, 0.5) is 16.2 Å². The fourth-order valence-electron chi connectivity index (χ4n) is 3.40. The number of sulfonamides is 1. The second-order valence-corrected chi connectivity index (χ2v) is 8.95. The van der Waals surface area contributed by atoms with Crippen LogP contribution in [0.25, 0.3) is 0 Å². The molecule has 29 heavy (non-hydrogen) atoms. The minimum Gasteiger partial charge on any atom is -0.287 e. The third-order valence-electron chi connectivity index (χ3n) is 4.89. The fraction of sp³-hybridized carbons (Fsp3) is 0.136. The second-order valence-electron chi connectivity index (χ2n) is 6.76. The Bertz CT molecular complexity index is 1180. The van der Waals surface area contributed by atoms with Crippen LogP contribution in [0.3, 0.4) is 0 Å². The first kappa shape index (κ1) is 19.5. The van der Waals surface area contributed by atoms with Gasteiger partial charge >= 0.3 is 6.03 Å². The lowest BCUT2D eigenvalue weighted by Crippen LogP contribution is -2.50. The standard InChI is InChI=1S/C22H19ClN2O3S/c1-2-16-10-12-19(13-11-16)25-22(26)24(15-17-6-5-7-18(23)14-17)20-8-3-4-9-21(20)29(25,27)28/h3-14H,2,15H2,1H3. The number of nitrogens with zero attached hydrogens (tertiary/aromatic N) is 2. The number of para-hydroxylation sites is 1. The molecule has 0 aromatic heterocycles. The maximum absolute atomic E-state index is 13.4. The Balaban J connectivity index is 1.84. The molecule has 3 aromatic rings. The van der Waals surface area contributed by atoms with E-state index in [2.05, 4.69) is 0 Å². The van der Waals surface area contributed by atoms with Crippen LogP contribution in [0.15, 0.2) is 77.7 Å². The number of aryl methyl sites for hydroxylation is 1. The summed E-state index contributed by atoms with van der Waals surface area (Å²) in [7, 11) is -4.02. The largest absolute Gasteiger partial charge is 0.343 e. The Hall–Kier alpha value is -2.83. The van der Waals surface area contributed by atoms with Crippen molar-refractivity contribution in [2.45, 2.75) is 24.8 Å². The van der Waals surface area contributed by atoms with E-state index in [4.69, 9.17) is 11.6 Å². The zero-order valence-corrected chi connectivity index (χ0v) is 17.3. The fourth-order valence-corrected chi connectivity index (χ4v) is 5.21. The summed E-state index contributed by atoms with van der Waals surface area (Å²) in [5, 5.41) is 0.555. The lowest BCUT2D eigenvalue weighted by Gasteiger charge is -2.36. The van der Waals surface area contributed by atoms with Crippen LogP contribution in [0.5, 0.6) is 0 Å². The highest BCUT2D eigenvalue weighted by molar-refractivity contribution is 7.94. The normalized spacial score (nSPS) is 15.3. The summed E-state index contributed by atoms with van der Waals surface area (Å²) in [6.45, 7) is 2.22. The SMILES string of the molecule is CCc1ccc(N2C(=O)N(Cc3cccc(Cl)c3)c3ccccc3S2(=O)=O)cc1. The van der Waals surface area contributed by atoms with Crippen molar-refractivity contribution in [2.24, 2.45) is 0 Å². The number of halogens is 1. The van der Waals surface area contributed by atoms with Crippen LogP contribution < -0.4 is 9.21 Å². The van der Waals surface area contributed by atoms with Gasteiger partial charge in [-0.3, -0.25) is 4.90 Å². The van der Waals surface area contributed by atoms with Crippen molar-refractivity contribution in [3.05, 3.63) is 88.9 Å². The molecule has 1 heterocycles. The third-order valence-corrected chi connectivity index (χ3v) is 6.87. The van der Waals surface area contributed by atoms with Crippen molar-refractivity contribution in [3.63, 3.8) is 0 Å².